The summed E-state index contributed by atoms with van der Waals surface area (Å²) in [6, 6.07) is 9.12. The summed E-state index contributed by atoms with van der Waals surface area (Å²) in [7, 11) is 1.60. The van der Waals surface area contributed by atoms with Crippen LogP contribution in [0.1, 0.15) is 23.0 Å². The Morgan fingerprint density at radius 3 is 2.41 bits per heavy atom. The fourth-order valence-electron chi connectivity index (χ4n) is 3.04. The fraction of sp³-hybridized carbons (Fsp3) is 0.400. The number of hydrogen-bond acceptors (Lipinski definition) is 7. The topological polar surface area (TPSA) is 96.9 Å². The quantitative estimate of drug-likeness (QED) is 0.825. The molecular formula is C20H25N5O4. The van der Waals surface area contributed by atoms with Crippen LogP contribution in [0.2, 0.25) is 0 Å². The minimum absolute atomic E-state index is 0.208. The summed E-state index contributed by atoms with van der Waals surface area (Å²) in [4.78, 5) is 27.7. The van der Waals surface area contributed by atoms with Crippen LogP contribution in [0, 0.1) is 6.92 Å². The van der Waals surface area contributed by atoms with Gasteiger partial charge in [-0.2, -0.15) is 0 Å². The van der Waals surface area contributed by atoms with Gasteiger partial charge in [0.25, 0.3) is 5.91 Å². The Bertz CT molecular complexity index is 864. The monoisotopic (exact) mass is 399 g/mol. The Morgan fingerprint density at radius 1 is 1.07 bits per heavy atom. The zero-order chi connectivity index (χ0) is 20.8. The van der Waals surface area contributed by atoms with Crippen molar-refractivity contribution in [3.63, 3.8) is 0 Å². The number of carbonyl (C=O) groups excluding carboxylic acids is 2. The highest BCUT2D eigenvalue weighted by Gasteiger charge is 2.26. The number of piperazine rings is 1. The Labute approximate surface area is 169 Å². The van der Waals surface area contributed by atoms with E-state index in [0.29, 0.717) is 44.4 Å². The standard InChI is InChI=1S/C20H25N5O4/c1-4-29-20(27)25-11-9-24(10-12-25)19(26)15-6-8-18(23-22-15)21-16-13-14(2)5-7-17(16)28-3/h5-8,13H,4,9-12H2,1-3H3,(H,21,23). The van der Waals surface area contributed by atoms with Gasteiger partial charge in [-0.1, -0.05) is 6.07 Å². The van der Waals surface area contributed by atoms with Crippen LogP contribution in [0.5, 0.6) is 5.75 Å². The van der Waals surface area contributed by atoms with Gasteiger partial charge in [0.05, 0.1) is 19.4 Å². The average molecular weight is 399 g/mol. The van der Waals surface area contributed by atoms with Crippen molar-refractivity contribution in [2.75, 3.05) is 45.2 Å². The highest BCUT2D eigenvalue weighted by atomic mass is 16.6. The Kier molecular flexibility index (Phi) is 6.48. The van der Waals surface area contributed by atoms with Crippen molar-refractivity contribution in [2.24, 2.45) is 0 Å². The largest absolute Gasteiger partial charge is 0.495 e. The van der Waals surface area contributed by atoms with Gasteiger partial charge in [0, 0.05) is 26.2 Å². The van der Waals surface area contributed by atoms with Crippen molar-refractivity contribution >= 4 is 23.5 Å². The summed E-state index contributed by atoms with van der Waals surface area (Å²) in [5, 5.41) is 11.3. The molecular weight excluding hydrogens is 374 g/mol. The molecule has 1 aliphatic heterocycles. The number of nitrogens with one attached hydrogen (secondary N) is 1. The first-order chi connectivity index (χ1) is 14.0. The average Bonchev–Trinajstić information content (AvgIpc) is 2.74. The second-order valence-electron chi connectivity index (χ2n) is 6.61. The molecule has 1 N–H and O–H groups in total. The van der Waals surface area contributed by atoms with Crippen LogP contribution in [0.25, 0.3) is 0 Å². The molecule has 1 aromatic heterocycles. The first-order valence-corrected chi connectivity index (χ1v) is 9.48. The molecule has 0 unspecified atom stereocenters. The van der Waals surface area contributed by atoms with E-state index in [9.17, 15) is 9.59 Å². The molecule has 29 heavy (non-hydrogen) atoms. The zero-order valence-electron chi connectivity index (χ0n) is 16.8. The third-order valence-corrected chi connectivity index (χ3v) is 4.59. The lowest BCUT2D eigenvalue weighted by Gasteiger charge is -2.33. The number of nitrogens with zero attached hydrogens (tertiary/aromatic N) is 4. The van der Waals surface area contributed by atoms with Crippen LogP contribution in [-0.2, 0) is 4.74 Å². The molecule has 0 radical (unpaired) electrons. The molecule has 0 aliphatic carbocycles. The number of ether oxygens (including phenoxy) is 2. The maximum absolute atomic E-state index is 12.7. The van der Waals surface area contributed by atoms with Crippen LogP contribution in [0.15, 0.2) is 30.3 Å². The molecule has 0 saturated carbocycles. The molecule has 0 spiro atoms. The molecule has 0 bridgehead atoms. The number of carbonyl (C=O) groups is 2. The molecule has 9 nitrogen and oxygen atoms in total. The maximum Gasteiger partial charge on any atom is 0.409 e. The molecule has 0 atom stereocenters. The van der Waals surface area contributed by atoms with Crippen molar-refractivity contribution in [3.8, 4) is 5.75 Å². The molecule has 2 aromatic rings. The first kappa shape index (κ1) is 20.4. The fourth-order valence-corrected chi connectivity index (χ4v) is 3.04. The van der Waals surface area contributed by atoms with Crippen molar-refractivity contribution in [1.82, 2.24) is 20.0 Å². The van der Waals surface area contributed by atoms with E-state index in [-0.39, 0.29) is 17.7 Å². The van der Waals surface area contributed by atoms with Gasteiger partial charge in [-0.15, -0.1) is 10.2 Å². The smallest absolute Gasteiger partial charge is 0.409 e. The number of rotatable bonds is 5. The molecule has 1 saturated heterocycles. The van der Waals surface area contributed by atoms with E-state index >= 15 is 0 Å². The van der Waals surface area contributed by atoms with E-state index in [0.717, 1.165) is 11.3 Å². The van der Waals surface area contributed by atoms with E-state index in [1.807, 2.05) is 25.1 Å². The Morgan fingerprint density at radius 2 is 1.79 bits per heavy atom. The van der Waals surface area contributed by atoms with E-state index in [4.69, 9.17) is 9.47 Å². The Balaban J connectivity index is 1.61. The van der Waals surface area contributed by atoms with Crippen LogP contribution in [-0.4, -0.2) is 71.9 Å². The molecule has 1 aromatic carbocycles. The lowest BCUT2D eigenvalue weighted by molar-refractivity contribution is 0.0565. The minimum atomic E-state index is -0.346. The summed E-state index contributed by atoms with van der Waals surface area (Å²) in [6.45, 7) is 5.82. The van der Waals surface area contributed by atoms with Crippen molar-refractivity contribution in [3.05, 3.63) is 41.6 Å². The number of amides is 2. The minimum Gasteiger partial charge on any atom is -0.495 e. The number of aryl methyl sites for hydroxylation is 1. The predicted molar refractivity (Wildman–Crippen MR) is 108 cm³/mol. The summed E-state index contributed by atoms with van der Waals surface area (Å²) >= 11 is 0. The van der Waals surface area contributed by atoms with Gasteiger partial charge >= 0.3 is 6.09 Å². The highest BCUT2D eigenvalue weighted by molar-refractivity contribution is 5.92. The van der Waals surface area contributed by atoms with Gasteiger partial charge in [-0.3, -0.25) is 4.79 Å². The number of benzene rings is 1. The van der Waals surface area contributed by atoms with Gasteiger partial charge in [0.15, 0.2) is 11.5 Å². The summed E-state index contributed by atoms with van der Waals surface area (Å²) in [5.41, 5.74) is 2.11. The van der Waals surface area contributed by atoms with Crippen LogP contribution >= 0.6 is 0 Å². The van der Waals surface area contributed by atoms with Gasteiger partial charge in [-0.05, 0) is 43.7 Å². The third kappa shape index (κ3) is 4.92. The molecule has 9 heteroatoms. The summed E-state index contributed by atoms with van der Waals surface area (Å²) in [6.07, 6.45) is -0.346. The molecule has 3 rings (SSSR count). The molecule has 1 aliphatic rings. The van der Waals surface area contributed by atoms with Gasteiger partial charge < -0.3 is 24.6 Å². The number of methoxy groups -OCH3 is 1. The maximum atomic E-state index is 12.7. The number of anilines is 2. The SMILES string of the molecule is CCOC(=O)N1CCN(C(=O)c2ccc(Nc3cc(C)ccc3OC)nn2)CC1. The van der Waals surface area contributed by atoms with Gasteiger partial charge in [0.2, 0.25) is 0 Å². The molecule has 2 heterocycles. The number of aromatic nitrogens is 2. The van der Waals surface area contributed by atoms with Gasteiger partial charge in [0.1, 0.15) is 5.75 Å². The molecule has 154 valence electrons. The van der Waals surface area contributed by atoms with Crippen LogP contribution in [0.4, 0.5) is 16.3 Å². The van der Waals surface area contributed by atoms with Crippen molar-refractivity contribution < 1.29 is 19.1 Å². The van der Waals surface area contributed by atoms with E-state index in [1.54, 1.807) is 36.0 Å². The first-order valence-electron chi connectivity index (χ1n) is 9.48. The normalized spacial score (nSPS) is 13.8. The van der Waals surface area contributed by atoms with Crippen molar-refractivity contribution in [2.45, 2.75) is 13.8 Å². The van der Waals surface area contributed by atoms with Crippen molar-refractivity contribution in [1.29, 1.82) is 0 Å². The number of hydrogen-bond donors (Lipinski definition) is 1. The molecule has 2 amide bonds. The highest BCUT2D eigenvalue weighted by Crippen LogP contribution is 2.27. The van der Waals surface area contributed by atoms with E-state index < -0.39 is 0 Å². The van der Waals surface area contributed by atoms with Gasteiger partial charge in [-0.25, -0.2) is 4.79 Å². The molecule has 1 fully saturated rings. The lowest BCUT2D eigenvalue weighted by Crippen LogP contribution is -2.50. The van der Waals surface area contributed by atoms with E-state index in [2.05, 4.69) is 15.5 Å². The predicted octanol–water partition coefficient (Wildman–Crippen LogP) is 2.45. The van der Waals surface area contributed by atoms with Crippen LogP contribution in [0.3, 0.4) is 0 Å². The second-order valence-corrected chi connectivity index (χ2v) is 6.61. The van der Waals surface area contributed by atoms with Crippen LogP contribution < -0.4 is 10.1 Å². The summed E-state index contributed by atoms with van der Waals surface area (Å²) < 4.78 is 10.3. The summed E-state index contributed by atoms with van der Waals surface area (Å²) in [5.74, 6) is 0.996. The zero-order valence-corrected chi connectivity index (χ0v) is 16.8. The third-order valence-electron chi connectivity index (χ3n) is 4.59. The van der Waals surface area contributed by atoms with E-state index in [1.165, 1.54) is 0 Å². The lowest BCUT2D eigenvalue weighted by atomic mass is 10.2. The Hall–Kier alpha value is -3.36. The second kappa shape index (κ2) is 9.22.